The van der Waals surface area contributed by atoms with E-state index < -0.39 is 0 Å². The molecule has 2 unspecified atom stereocenters. The van der Waals surface area contributed by atoms with Gasteiger partial charge < -0.3 is 14.2 Å². The molecule has 1 aromatic heterocycles. The van der Waals surface area contributed by atoms with Crippen molar-refractivity contribution < 1.29 is 9.53 Å². The third kappa shape index (κ3) is 3.60. The summed E-state index contributed by atoms with van der Waals surface area (Å²) in [7, 11) is 1.62. The molecule has 7 nitrogen and oxygen atoms in total. The van der Waals surface area contributed by atoms with Crippen molar-refractivity contribution in [3.8, 4) is 0 Å². The number of hydrogen-bond donors (Lipinski definition) is 1. The number of anilines is 1. The maximum absolute atomic E-state index is 12.3. The van der Waals surface area contributed by atoms with E-state index in [-0.39, 0.29) is 29.6 Å². The Morgan fingerprint density at radius 1 is 1.38 bits per heavy atom. The van der Waals surface area contributed by atoms with Crippen LogP contribution in [0.4, 0.5) is 10.6 Å². The van der Waals surface area contributed by atoms with Gasteiger partial charge in [0.2, 0.25) is 5.82 Å². The highest BCUT2D eigenvalue weighted by Crippen LogP contribution is 2.16. The monoisotopic (exact) mass is 294 g/mol. The summed E-state index contributed by atoms with van der Waals surface area (Å²) in [5.74, 6) is 0.0533. The van der Waals surface area contributed by atoms with Crippen molar-refractivity contribution in [1.82, 2.24) is 14.5 Å². The molecule has 116 valence electrons. The van der Waals surface area contributed by atoms with Crippen molar-refractivity contribution in [1.29, 1.82) is 0 Å². The zero-order valence-corrected chi connectivity index (χ0v) is 12.7. The summed E-state index contributed by atoms with van der Waals surface area (Å²) in [4.78, 5) is 29.8. The molecule has 0 bridgehead atoms. The van der Waals surface area contributed by atoms with Crippen LogP contribution in [0.2, 0.25) is 0 Å². The van der Waals surface area contributed by atoms with Crippen LogP contribution in [0.15, 0.2) is 17.2 Å². The molecular formula is C14H22N4O3. The second-order valence-corrected chi connectivity index (χ2v) is 5.22. The Morgan fingerprint density at radius 2 is 2.00 bits per heavy atom. The molecule has 0 aromatic carbocycles. The van der Waals surface area contributed by atoms with Crippen LogP contribution in [0.5, 0.6) is 0 Å². The average Bonchev–Trinajstić information content (AvgIpc) is 2.51. The highest BCUT2D eigenvalue weighted by molar-refractivity contribution is 5.88. The smallest absolute Gasteiger partial charge is 0.323 e. The molecule has 0 saturated carbocycles. The van der Waals surface area contributed by atoms with E-state index in [0.717, 1.165) is 12.8 Å². The predicted octanol–water partition coefficient (Wildman–Crippen LogP) is 1.20. The molecule has 7 heteroatoms. The quantitative estimate of drug-likeness (QED) is 0.909. The summed E-state index contributed by atoms with van der Waals surface area (Å²) in [5, 5.41) is 2.60. The molecular weight excluding hydrogens is 272 g/mol. The fourth-order valence-electron chi connectivity index (χ4n) is 2.30. The number of aromatic nitrogens is 2. The third-order valence-electron chi connectivity index (χ3n) is 3.67. The average molecular weight is 294 g/mol. The maximum Gasteiger partial charge on any atom is 0.323 e. The Morgan fingerprint density at radius 3 is 2.57 bits per heavy atom. The molecule has 2 atom stereocenters. The first-order valence-corrected chi connectivity index (χ1v) is 7.28. The zero-order chi connectivity index (χ0) is 15.4. The Bertz CT molecular complexity index is 545. The fourth-order valence-corrected chi connectivity index (χ4v) is 2.30. The van der Waals surface area contributed by atoms with Gasteiger partial charge in [0, 0.05) is 32.5 Å². The van der Waals surface area contributed by atoms with Crippen molar-refractivity contribution in [2.24, 2.45) is 7.05 Å². The normalized spacial score (nSPS) is 22.1. The number of carbonyl (C=O) groups is 1. The Labute approximate surface area is 123 Å². The number of morpholine rings is 1. The van der Waals surface area contributed by atoms with Gasteiger partial charge in [-0.15, -0.1) is 0 Å². The van der Waals surface area contributed by atoms with Gasteiger partial charge in [0.15, 0.2) is 0 Å². The Hall–Kier alpha value is -1.89. The molecule has 1 N–H and O–H groups in total. The fraction of sp³-hybridized carbons (Fsp3) is 0.643. The number of ether oxygens (including phenoxy) is 1. The number of rotatable bonds is 3. The molecule has 21 heavy (non-hydrogen) atoms. The molecule has 2 rings (SSSR count). The van der Waals surface area contributed by atoms with Crippen molar-refractivity contribution in [2.75, 3.05) is 18.4 Å². The van der Waals surface area contributed by atoms with Crippen molar-refractivity contribution in [3.05, 3.63) is 22.7 Å². The lowest BCUT2D eigenvalue weighted by Crippen LogP contribution is -2.51. The first-order valence-electron chi connectivity index (χ1n) is 7.28. The lowest BCUT2D eigenvalue weighted by molar-refractivity contribution is -0.0729. The third-order valence-corrected chi connectivity index (χ3v) is 3.67. The van der Waals surface area contributed by atoms with E-state index in [2.05, 4.69) is 10.3 Å². The van der Waals surface area contributed by atoms with Crippen LogP contribution < -0.4 is 10.9 Å². The summed E-state index contributed by atoms with van der Waals surface area (Å²) < 4.78 is 7.24. The van der Waals surface area contributed by atoms with Crippen LogP contribution in [0.3, 0.4) is 0 Å². The molecule has 0 radical (unpaired) electrons. The van der Waals surface area contributed by atoms with Gasteiger partial charge in [-0.05, 0) is 12.8 Å². The van der Waals surface area contributed by atoms with E-state index in [1.165, 1.54) is 10.8 Å². The van der Waals surface area contributed by atoms with E-state index >= 15 is 0 Å². The summed E-state index contributed by atoms with van der Waals surface area (Å²) >= 11 is 0. The van der Waals surface area contributed by atoms with Gasteiger partial charge in [-0.1, -0.05) is 13.8 Å². The SMILES string of the molecule is CCC1CN(C(=O)Nc2nccn(C)c2=O)CC(CC)O1. The zero-order valence-electron chi connectivity index (χ0n) is 12.7. The second-order valence-electron chi connectivity index (χ2n) is 5.22. The molecule has 0 spiro atoms. The molecule has 0 aliphatic carbocycles. The molecule has 1 aliphatic heterocycles. The Balaban J connectivity index is 2.08. The van der Waals surface area contributed by atoms with Gasteiger partial charge in [-0.2, -0.15) is 0 Å². The van der Waals surface area contributed by atoms with Crippen molar-refractivity contribution in [3.63, 3.8) is 0 Å². The number of aryl methyl sites for hydroxylation is 1. The first-order chi connectivity index (χ1) is 10.0. The van der Waals surface area contributed by atoms with E-state index in [9.17, 15) is 9.59 Å². The maximum atomic E-state index is 12.3. The van der Waals surface area contributed by atoms with Crippen molar-refractivity contribution in [2.45, 2.75) is 38.9 Å². The lowest BCUT2D eigenvalue weighted by atomic mass is 10.1. The minimum absolute atomic E-state index is 0.0426. The summed E-state index contributed by atoms with van der Waals surface area (Å²) in [6, 6.07) is -0.300. The topological polar surface area (TPSA) is 76.5 Å². The standard InChI is InChI=1S/C14H22N4O3/c1-4-10-8-18(9-11(5-2)21-10)14(20)16-12-13(19)17(3)7-6-15-12/h6-7,10-11H,4-5,8-9H2,1-3H3,(H,15,16,20). The minimum atomic E-state index is -0.321. The van der Waals surface area contributed by atoms with Gasteiger partial charge >= 0.3 is 6.03 Å². The molecule has 1 fully saturated rings. The first kappa shape index (κ1) is 15.5. The van der Waals surface area contributed by atoms with Crippen LogP contribution in [0, 0.1) is 0 Å². The van der Waals surface area contributed by atoms with E-state index in [1.54, 1.807) is 18.1 Å². The van der Waals surface area contributed by atoms with Crippen LogP contribution in [0.25, 0.3) is 0 Å². The number of nitrogens with one attached hydrogen (secondary N) is 1. The van der Waals surface area contributed by atoms with Gasteiger partial charge in [-0.25, -0.2) is 9.78 Å². The molecule has 1 aromatic rings. The Kier molecular flexibility index (Phi) is 4.95. The number of amides is 2. The van der Waals surface area contributed by atoms with Gasteiger partial charge in [0.1, 0.15) is 0 Å². The van der Waals surface area contributed by atoms with Crippen LogP contribution in [-0.2, 0) is 11.8 Å². The summed E-state index contributed by atoms with van der Waals surface area (Å²) in [6.45, 7) is 5.14. The molecule has 2 heterocycles. The second kappa shape index (κ2) is 6.71. The predicted molar refractivity (Wildman–Crippen MR) is 79.3 cm³/mol. The largest absolute Gasteiger partial charge is 0.371 e. The highest BCUT2D eigenvalue weighted by Gasteiger charge is 2.29. The lowest BCUT2D eigenvalue weighted by Gasteiger charge is -2.37. The van der Waals surface area contributed by atoms with E-state index in [0.29, 0.717) is 13.1 Å². The highest BCUT2D eigenvalue weighted by atomic mass is 16.5. The van der Waals surface area contributed by atoms with E-state index in [4.69, 9.17) is 4.74 Å². The molecule has 1 saturated heterocycles. The molecule has 1 aliphatic rings. The van der Waals surface area contributed by atoms with Crippen LogP contribution in [-0.4, -0.2) is 45.8 Å². The number of hydrogen-bond acceptors (Lipinski definition) is 4. The number of urea groups is 1. The van der Waals surface area contributed by atoms with Gasteiger partial charge in [0.25, 0.3) is 5.56 Å². The van der Waals surface area contributed by atoms with Crippen molar-refractivity contribution >= 4 is 11.8 Å². The number of carbonyl (C=O) groups excluding carboxylic acids is 1. The van der Waals surface area contributed by atoms with Crippen LogP contribution in [0.1, 0.15) is 26.7 Å². The number of nitrogens with zero attached hydrogens (tertiary/aromatic N) is 3. The molecule has 2 amide bonds. The van der Waals surface area contributed by atoms with Gasteiger partial charge in [0.05, 0.1) is 12.2 Å². The van der Waals surface area contributed by atoms with Gasteiger partial charge in [-0.3, -0.25) is 10.1 Å². The summed E-state index contributed by atoms with van der Waals surface area (Å²) in [6.07, 6.45) is 4.83. The van der Waals surface area contributed by atoms with E-state index in [1.807, 2.05) is 13.8 Å². The minimum Gasteiger partial charge on any atom is -0.371 e. The van der Waals surface area contributed by atoms with Crippen LogP contribution >= 0.6 is 0 Å². The summed E-state index contributed by atoms with van der Waals surface area (Å²) in [5.41, 5.74) is -0.321.